The highest BCUT2D eigenvalue weighted by molar-refractivity contribution is 5.84. The van der Waals surface area contributed by atoms with Crippen molar-refractivity contribution in [2.24, 2.45) is 5.73 Å². The van der Waals surface area contributed by atoms with Crippen LogP contribution in [-0.4, -0.2) is 55.2 Å². The summed E-state index contributed by atoms with van der Waals surface area (Å²) >= 11 is 0. The van der Waals surface area contributed by atoms with Crippen LogP contribution in [0.25, 0.3) is 0 Å². The second-order valence-corrected chi connectivity index (χ2v) is 5.43. The van der Waals surface area contributed by atoms with E-state index in [0.717, 1.165) is 25.9 Å². The number of hydrogen-bond donors (Lipinski definition) is 2. The molecule has 1 fully saturated rings. The number of carbonyl (C=O) groups excluding carboxylic acids is 1. The zero-order chi connectivity index (χ0) is 13.8. The normalized spacial score (nSPS) is 28.9. The minimum atomic E-state index is -0.650. The molecule has 3 unspecified atom stereocenters. The summed E-state index contributed by atoms with van der Waals surface area (Å²) in [6.07, 6.45) is 2.37. The third kappa shape index (κ3) is 3.67. The molecule has 1 rings (SSSR count). The van der Waals surface area contributed by atoms with E-state index < -0.39 is 5.54 Å². The lowest BCUT2D eigenvalue weighted by Crippen LogP contribution is -2.61. The Morgan fingerprint density at radius 2 is 2.28 bits per heavy atom. The van der Waals surface area contributed by atoms with Gasteiger partial charge in [0.05, 0.1) is 6.10 Å². The first-order valence-electron chi connectivity index (χ1n) is 6.74. The minimum absolute atomic E-state index is 0.287. The molecule has 0 saturated carbocycles. The van der Waals surface area contributed by atoms with Crippen molar-refractivity contribution >= 4 is 5.91 Å². The van der Waals surface area contributed by atoms with Gasteiger partial charge in [0.15, 0.2) is 0 Å². The second kappa shape index (κ2) is 6.50. The number of amides is 1. The van der Waals surface area contributed by atoms with Crippen LogP contribution in [0.15, 0.2) is 0 Å². The number of primary amides is 1. The van der Waals surface area contributed by atoms with E-state index in [4.69, 9.17) is 10.5 Å². The van der Waals surface area contributed by atoms with E-state index in [9.17, 15) is 4.79 Å². The summed E-state index contributed by atoms with van der Waals surface area (Å²) in [4.78, 5) is 13.9. The summed E-state index contributed by atoms with van der Waals surface area (Å²) in [7, 11) is 1.76. The zero-order valence-electron chi connectivity index (χ0n) is 12.0. The van der Waals surface area contributed by atoms with Gasteiger partial charge < -0.3 is 15.8 Å². The molecule has 1 saturated heterocycles. The van der Waals surface area contributed by atoms with E-state index in [2.05, 4.69) is 17.1 Å². The maximum absolute atomic E-state index is 11.6. The average Bonchev–Trinajstić information content (AvgIpc) is 2.32. The van der Waals surface area contributed by atoms with Crippen LogP contribution in [0.2, 0.25) is 0 Å². The maximum Gasteiger partial charge on any atom is 0.238 e. The molecule has 3 N–H and O–H groups in total. The Morgan fingerprint density at radius 3 is 2.72 bits per heavy atom. The van der Waals surface area contributed by atoms with Crippen LogP contribution in [0.1, 0.15) is 33.6 Å². The van der Waals surface area contributed by atoms with Crippen LogP contribution in [0.3, 0.4) is 0 Å². The number of methoxy groups -OCH3 is 1. The zero-order valence-corrected chi connectivity index (χ0v) is 12.0. The van der Waals surface area contributed by atoms with Crippen LogP contribution in [0.4, 0.5) is 0 Å². The van der Waals surface area contributed by atoms with Gasteiger partial charge in [-0.1, -0.05) is 6.92 Å². The van der Waals surface area contributed by atoms with Gasteiger partial charge in [0.25, 0.3) is 0 Å². The predicted molar refractivity (Wildman–Crippen MR) is 72.3 cm³/mol. The van der Waals surface area contributed by atoms with Crippen molar-refractivity contribution in [1.29, 1.82) is 0 Å². The first-order chi connectivity index (χ1) is 8.42. The summed E-state index contributed by atoms with van der Waals surface area (Å²) in [5, 5.41) is 3.20. The summed E-state index contributed by atoms with van der Waals surface area (Å²) in [5.41, 5.74) is 4.87. The summed E-state index contributed by atoms with van der Waals surface area (Å²) in [5.74, 6) is -0.287. The minimum Gasteiger partial charge on any atom is -0.381 e. The number of likely N-dealkylation sites (N-methyl/N-ethyl adjacent to an activating group) is 1. The van der Waals surface area contributed by atoms with Crippen molar-refractivity contribution in [3.8, 4) is 0 Å². The largest absolute Gasteiger partial charge is 0.381 e. The lowest BCUT2D eigenvalue weighted by molar-refractivity contribution is -0.125. The van der Waals surface area contributed by atoms with E-state index in [1.165, 1.54) is 0 Å². The van der Waals surface area contributed by atoms with Crippen molar-refractivity contribution < 1.29 is 9.53 Å². The van der Waals surface area contributed by atoms with E-state index >= 15 is 0 Å². The maximum atomic E-state index is 11.6. The summed E-state index contributed by atoms with van der Waals surface area (Å²) in [6, 6.07) is 0.418. The fraction of sp³-hybridized carbons (Fsp3) is 0.923. The van der Waals surface area contributed by atoms with Crippen LogP contribution in [0.5, 0.6) is 0 Å². The van der Waals surface area contributed by atoms with Gasteiger partial charge in [-0.2, -0.15) is 0 Å². The lowest BCUT2D eigenvalue weighted by atomic mass is 9.95. The molecule has 0 radical (unpaired) electrons. The molecule has 0 aromatic carbocycles. The highest BCUT2D eigenvalue weighted by Gasteiger charge is 2.35. The second-order valence-electron chi connectivity index (χ2n) is 5.43. The molecule has 0 spiro atoms. The molecule has 1 aliphatic heterocycles. The van der Waals surface area contributed by atoms with E-state index in [0.29, 0.717) is 18.7 Å². The topological polar surface area (TPSA) is 67.6 Å². The van der Waals surface area contributed by atoms with Crippen LogP contribution >= 0.6 is 0 Å². The van der Waals surface area contributed by atoms with Crippen molar-refractivity contribution in [3.05, 3.63) is 0 Å². The van der Waals surface area contributed by atoms with Gasteiger partial charge in [-0.05, 0) is 33.2 Å². The summed E-state index contributed by atoms with van der Waals surface area (Å²) in [6.45, 7) is 8.40. The average molecular weight is 257 g/mol. The third-order valence-electron chi connectivity index (χ3n) is 3.93. The number of carbonyl (C=O) groups is 1. The van der Waals surface area contributed by atoms with E-state index in [-0.39, 0.29) is 5.91 Å². The van der Waals surface area contributed by atoms with Gasteiger partial charge in [-0.15, -0.1) is 0 Å². The van der Waals surface area contributed by atoms with Crippen molar-refractivity contribution in [2.75, 3.05) is 26.7 Å². The number of hydrogen-bond acceptors (Lipinski definition) is 4. The fourth-order valence-corrected chi connectivity index (χ4v) is 2.64. The Bertz CT molecular complexity index is 285. The molecule has 1 heterocycles. The number of nitrogens with two attached hydrogens (primary N) is 1. The van der Waals surface area contributed by atoms with Gasteiger partial charge in [-0.3, -0.25) is 9.69 Å². The molecular weight excluding hydrogens is 230 g/mol. The number of ether oxygens (including phenoxy) is 1. The smallest absolute Gasteiger partial charge is 0.238 e. The van der Waals surface area contributed by atoms with Gasteiger partial charge in [0.2, 0.25) is 5.91 Å². The highest BCUT2D eigenvalue weighted by atomic mass is 16.5. The third-order valence-corrected chi connectivity index (χ3v) is 3.93. The molecule has 3 atom stereocenters. The number of nitrogens with one attached hydrogen (secondary N) is 1. The van der Waals surface area contributed by atoms with Crippen LogP contribution < -0.4 is 11.1 Å². The SMILES string of the molecule is CCNC(C)(CN1CCC(OC)CC1C)C(N)=O. The van der Waals surface area contributed by atoms with Gasteiger partial charge >= 0.3 is 0 Å². The fourth-order valence-electron chi connectivity index (χ4n) is 2.64. The Morgan fingerprint density at radius 1 is 1.61 bits per heavy atom. The Balaban J connectivity index is 2.62. The first-order valence-corrected chi connectivity index (χ1v) is 6.74. The van der Waals surface area contributed by atoms with Gasteiger partial charge in [0.1, 0.15) is 5.54 Å². The van der Waals surface area contributed by atoms with Crippen molar-refractivity contribution in [2.45, 2.75) is 51.3 Å². The Labute approximate surface area is 110 Å². The summed E-state index contributed by atoms with van der Waals surface area (Å²) < 4.78 is 5.40. The first kappa shape index (κ1) is 15.4. The monoisotopic (exact) mass is 257 g/mol. The molecule has 0 aromatic heterocycles. The molecule has 1 amide bonds. The molecule has 1 aliphatic rings. The molecule has 5 nitrogen and oxygen atoms in total. The predicted octanol–water partition coefficient (Wildman–Crippen LogP) is 0.339. The Kier molecular flexibility index (Phi) is 5.56. The molecule has 18 heavy (non-hydrogen) atoms. The number of nitrogens with zero attached hydrogens (tertiary/aromatic N) is 1. The van der Waals surface area contributed by atoms with Crippen molar-refractivity contribution in [1.82, 2.24) is 10.2 Å². The number of rotatable bonds is 6. The highest BCUT2D eigenvalue weighted by Crippen LogP contribution is 2.21. The van der Waals surface area contributed by atoms with Gasteiger partial charge in [-0.25, -0.2) is 0 Å². The molecule has 5 heteroatoms. The molecule has 106 valence electrons. The lowest BCUT2D eigenvalue weighted by Gasteiger charge is -2.41. The molecule has 0 aromatic rings. The van der Waals surface area contributed by atoms with Crippen LogP contribution in [0, 0.1) is 0 Å². The Hall–Kier alpha value is -0.650. The number of piperidine rings is 1. The molecule has 0 aliphatic carbocycles. The quantitative estimate of drug-likeness (QED) is 0.720. The van der Waals surface area contributed by atoms with E-state index in [1.54, 1.807) is 7.11 Å². The van der Waals surface area contributed by atoms with Crippen molar-refractivity contribution in [3.63, 3.8) is 0 Å². The molecular formula is C13H27N3O2. The van der Waals surface area contributed by atoms with E-state index in [1.807, 2.05) is 13.8 Å². The van der Waals surface area contributed by atoms with Gasteiger partial charge in [0, 0.05) is 26.2 Å². The van der Waals surface area contributed by atoms with Crippen LogP contribution in [-0.2, 0) is 9.53 Å². The molecule has 0 bridgehead atoms. The number of likely N-dealkylation sites (tertiary alicyclic amines) is 1. The standard InChI is InChI=1S/C13H27N3O2/c1-5-15-13(3,12(14)17)9-16-7-6-11(18-4)8-10(16)2/h10-11,15H,5-9H2,1-4H3,(H2,14,17).